The van der Waals surface area contributed by atoms with Crippen LogP contribution in [-0.4, -0.2) is 28.3 Å². The number of carbonyl (C=O) groups excluding carboxylic acids is 3. The van der Waals surface area contributed by atoms with Gasteiger partial charge >= 0.3 is 5.97 Å². The first kappa shape index (κ1) is 17.9. The van der Waals surface area contributed by atoms with E-state index in [1.165, 1.54) is 30.7 Å². The summed E-state index contributed by atoms with van der Waals surface area (Å²) >= 11 is 0. The van der Waals surface area contributed by atoms with Gasteiger partial charge in [0.1, 0.15) is 5.69 Å². The fourth-order valence-corrected chi connectivity index (χ4v) is 2.11. The Bertz CT molecular complexity index is 859. The van der Waals surface area contributed by atoms with E-state index in [-0.39, 0.29) is 11.5 Å². The largest absolute Gasteiger partial charge is 0.448 e. The minimum Gasteiger partial charge on any atom is -0.448 e. The second kappa shape index (κ2) is 7.45. The highest BCUT2D eigenvalue weighted by atomic mass is 16.5. The normalized spacial score (nSPS) is 11.3. The van der Waals surface area contributed by atoms with E-state index < -0.39 is 18.0 Å². The van der Waals surface area contributed by atoms with Crippen molar-refractivity contribution in [3.05, 3.63) is 53.3 Å². The van der Waals surface area contributed by atoms with Crippen LogP contribution < -0.4 is 5.32 Å². The third kappa shape index (κ3) is 4.32. The molecule has 0 unspecified atom stereocenters. The minimum atomic E-state index is -1.03. The molecule has 128 valence electrons. The second-order valence-corrected chi connectivity index (χ2v) is 5.51. The molecule has 1 N–H and O–H groups in total. The van der Waals surface area contributed by atoms with Gasteiger partial charge < -0.3 is 14.6 Å². The van der Waals surface area contributed by atoms with Crippen molar-refractivity contribution in [3.63, 3.8) is 0 Å². The molecule has 1 amide bonds. The van der Waals surface area contributed by atoms with E-state index >= 15 is 0 Å². The molecule has 0 spiro atoms. The Morgan fingerprint density at radius 2 is 1.88 bits per heavy atom. The predicted octanol–water partition coefficient (Wildman–Crippen LogP) is 2.28. The van der Waals surface area contributed by atoms with Crippen LogP contribution in [0.2, 0.25) is 0 Å². The lowest BCUT2D eigenvalue weighted by atomic mass is 10.2. The van der Waals surface area contributed by atoms with Crippen molar-refractivity contribution >= 4 is 23.3 Å². The Labute approximate surface area is 144 Å². The van der Waals surface area contributed by atoms with Gasteiger partial charge in [0.05, 0.1) is 11.6 Å². The number of amides is 1. The van der Waals surface area contributed by atoms with Gasteiger partial charge in [-0.2, -0.15) is 5.26 Å². The molecule has 1 atom stereocenters. The summed E-state index contributed by atoms with van der Waals surface area (Å²) in [4.78, 5) is 35.7. The molecule has 0 fully saturated rings. The van der Waals surface area contributed by atoms with Gasteiger partial charge in [-0.05, 0) is 44.2 Å². The summed E-state index contributed by atoms with van der Waals surface area (Å²) < 4.78 is 6.63. The average molecular weight is 339 g/mol. The van der Waals surface area contributed by atoms with Gasteiger partial charge in [0.15, 0.2) is 11.9 Å². The van der Waals surface area contributed by atoms with E-state index in [1.807, 2.05) is 6.07 Å². The number of nitrogens with zero attached hydrogens (tertiary/aromatic N) is 2. The molecular formula is C18H17N3O4. The van der Waals surface area contributed by atoms with E-state index in [1.54, 1.807) is 31.3 Å². The third-order valence-electron chi connectivity index (χ3n) is 3.56. The molecule has 1 heterocycles. The van der Waals surface area contributed by atoms with E-state index in [2.05, 4.69) is 5.32 Å². The number of ether oxygens (including phenoxy) is 1. The van der Waals surface area contributed by atoms with Crippen molar-refractivity contribution in [1.29, 1.82) is 5.26 Å². The first-order valence-corrected chi connectivity index (χ1v) is 7.51. The first-order valence-electron chi connectivity index (χ1n) is 7.51. The van der Waals surface area contributed by atoms with Crippen LogP contribution in [0.4, 0.5) is 5.69 Å². The number of benzene rings is 1. The first-order chi connectivity index (χ1) is 11.8. The molecule has 7 nitrogen and oxygen atoms in total. The Balaban J connectivity index is 2.01. The standard InChI is InChI=1S/C18H17N3O4/c1-11(22)14-8-16(21(3)10-14)18(24)25-12(2)17(23)20-15-6-4-13(9-19)5-7-15/h4-8,10,12H,1-3H3,(H,20,23)/t12-/m1/s1. The number of aromatic nitrogens is 1. The number of hydrogen-bond acceptors (Lipinski definition) is 5. The maximum atomic E-state index is 12.2. The molecular weight excluding hydrogens is 322 g/mol. The van der Waals surface area contributed by atoms with Crippen LogP contribution in [0.5, 0.6) is 0 Å². The van der Waals surface area contributed by atoms with E-state index in [0.717, 1.165) is 0 Å². The summed E-state index contributed by atoms with van der Waals surface area (Å²) in [5, 5.41) is 11.3. The SMILES string of the molecule is CC(=O)c1cc(C(=O)O[C@H](C)C(=O)Nc2ccc(C#N)cc2)n(C)c1. The molecule has 7 heteroatoms. The molecule has 0 aliphatic carbocycles. The molecule has 0 radical (unpaired) electrons. The second-order valence-electron chi connectivity index (χ2n) is 5.51. The minimum absolute atomic E-state index is 0.166. The molecule has 2 rings (SSSR count). The van der Waals surface area contributed by atoms with Crippen molar-refractivity contribution in [1.82, 2.24) is 4.57 Å². The highest BCUT2D eigenvalue weighted by Gasteiger charge is 2.22. The number of carbonyl (C=O) groups is 3. The lowest BCUT2D eigenvalue weighted by molar-refractivity contribution is -0.123. The number of ketones is 1. The fourth-order valence-electron chi connectivity index (χ4n) is 2.11. The van der Waals surface area contributed by atoms with Crippen molar-refractivity contribution in [2.45, 2.75) is 20.0 Å². The van der Waals surface area contributed by atoms with Crippen molar-refractivity contribution in [2.75, 3.05) is 5.32 Å². The maximum Gasteiger partial charge on any atom is 0.355 e. The molecule has 25 heavy (non-hydrogen) atoms. The molecule has 0 aliphatic heterocycles. The van der Waals surface area contributed by atoms with Gasteiger partial charge in [0, 0.05) is 24.5 Å². The Kier molecular flexibility index (Phi) is 5.35. The van der Waals surface area contributed by atoms with Crippen molar-refractivity contribution in [2.24, 2.45) is 7.05 Å². The fraction of sp³-hybridized carbons (Fsp3) is 0.222. The zero-order valence-electron chi connectivity index (χ0n) is 14.1. The lowest BCUT2D eigenvalue weighted by Gasteiger charge is -2.13. The summed E-state index contributed by atoms with van der Waals surface area (Å²) in [7, 11) is 1.62. The summed E-state index contributed by atoms with van der Waals surface area (Å²) in [6.45, 7) is 2.85. The molecule has 0 saturated carbocycles. The zero-order chi connectivity index (χ0) is 18.6. The Morgan fingerprint density at radius 1 is 1.24 bits per heavy atom. The van der Waals surface area contributed by atoms with Crippen LogP contribution >= 0.6 is 0 Å². The Morgan fingerprint density at radius 3 is 2.40 bits per heavy atom. The highest BCUT2D eigenvalue weighted by Crippen LogP contribution is 2.13. The van der Waals surface area contributed by atoms with E-state index in [0.29, 0.717) is 16.8 Å². The molecule has 0 saturated heterocycles. The topological polar surface area (TPSA) is 101 Å². The summed E-state index contributed by atoms with van der Waals surface area (Å²) in [6, 6.07) is 9.72. The number of aryl methyl sites for hydroxylation is 1. The zero-order valence-corrected chi connectivity index (χ0v) is 14.1. The number of nitriles is 1. The van der Waals surface area contributed by atoms with Crippen molar-refractivity contribution < 1.29 is 19.1 Å². The number of hydrogen-bond donors (Lipinski definition) is 1. The van der Waals surface area contributed by atoms with Crippen LogP contribution in [0.1, 0.15) is 40.3 Å². The predicted molar refractivity (Wildman–Crippen MR) is 90.1 cm³/mol. The molecule has 1 aromatic carbocycles. The smallest absolute Gasteiger partial charge is 0.355 e. The van der Waals surface area contributed by atoms with E-state index in [9.17, 15) is 14.4 Å². The molecule has 0 aliphatic rings. The number of rotatable bonds is 5. The summed E-state index contributed by atoms with van der Waals surface area (Å²) in [6.07, 6.45) is 0.499. The maximum absolute atomic E-state index is 12.2. The lowest BCUT2D eigenvalue weighted by Crippen LogP contribution is -2.30. The van der Waals surface area contributed by atoms with Crippen LogP contribution in [0.25, 0.3) is 0 Å². The highest BCUT2D eigenvalue weighted by molar-refractivity contribution is 5.99. The summed E-state index contributed by atoms with van der Waals surface area (Å²) in [5.41, 5.74) is 1.54. The van der Waals surface area contributed by atoms with Gasteiger partial charge in [-0.25, -0.2) is 4.79 Å². The van der Waals surface area contributed by atoms with Crippen LogP contribution in [-0.2, 0) is 16.6 Å². The van der Waals surface area contributed by atoms with Gasteiger partial charge in [-0.15, -0.1) is 0 Å². The number of nitrogens with one attached hydrogen (secondary N) is 1. The van der Waals surface area contributed by atoms with Crippen LogP contribution in [0.15, 0.2) is 36.5 Å². The number of anilines is 1. The Hall–Kier alpha value is -3.40. The molecule has 2 aromatic rings. The van der Waals surface area contributed by atoms with Crippen LogP contribution in [0, 0.1) is 11.3 Å². The van der Waals surface area contributed by atoms with Gasteiger partial charge in [0.2, 0.25) is 0 Å². The molecule has 1 aromatic heterocycles. The van der Waals surface area contributed by atoms with Gasteiger partial charge in [-0.3, -0.25) is 9.59 Å². The third-order valence-corrected chi connectivity index (χ3v) is 3.56. The molecule has 0 bridgehead atoms. The van der Waals surface area contributed by atoms with E-state index in [4.69, 9.17) is 10.00 Å². The van der Waals surface area contributed by atoms with Gasteiger partial charge in [-0.1, -0.05) is 0 Å². The number of esters is 1. The van der Waals surface area contributed by atoms with Gasteiger partial charge in [0.25, 0.3) is 5.91 Å². The van der Waals surface area contributed by atoms with Crippen LogP contribution in [0.3, 0.4) is 0 Å². The monoisotopic (exact) mass is 339 g/mol. The number of Topliss-reactive ketones (excluding diaryl/α,β-unsaturated/α-hetero) is 1. The summed E-state index contributed by atoms with van der Waals surface area (Å²) in [5.74, 6) is -1.36. The average Bonchev–Trinajstić information content (AvgIpc) is 2.97. The van der Waals surface area contributed by atoms with Crippen molar-refractivity contribution in [3.8, 4) is 6.07 Å². The quantitative estimate of drug-likeness (QED) is 0.665.